The van der Waals surface area contributed by atoms with Crippen LogP contribution in [0, 0.1) is 13.8 Å². The van der Waals surface area contributed by atoms with E-state index in [1.807, 2.05) is 0 Å². The molecule has 0 radical (unpaired) electrons. The minimum absolute atomic E-state index is 0.0277. The molecule has 1 atom stereocenters. The van der Waals surface area contributed by atoms with Crippen LogP contribution in [0.4, 0.5) is 0 Å². The van der Waals surface area contributed by atoms with Gasteiger partial charge in [-0.15, -0.1) is 22.9 Å². The first-order chi connectivity index (χ1) is 6.68. The van der Waals surface area contributed by atoms with Gasteiger partial charge in [-0.1, -0.05) is 0 Å². The normalized spacial score (nSPS) is 13.1. The summed E-state index contributed by atoms with van der Waals surface area (Å²) < 4.78 is 0. The minimum Gasteiger partial charge on any atom is -0.152 e. The third kappa shape index (κ3) is 1.88. The van der Waals surface area contributed by atoms with E-state index in [1.165, 1.54) is 20.9 Å². The van der Waals surface area contributed by atoms with Crippen LogP contribution in [0.5, 0.6) is 0 Å². The van der Waals surface area contributed by atoms with Crippen LogP contribution in [0.15, 0.2) is 22.9 Å². The van der Waals surface area contributed by atoms with Crippen molar-refractivity contribution in [2.75, 3.05) is 0 Å². The lowest BCUT2D eigenvalue weighted by Crippen LogP contribution is -1.88. The van der Waals surface area contributed by atoms with E-state index in [2.05, 4.69) is 36.7 Å². The quantitative estimate of drug-likeness (QED) is 0.667. The predicted octanol–water partition coefficient (Wildman–Crippen LogP) is 4.75. The lowest BCUT2D eigenvalue weighted by Gasteiger charge is -2.05. The second-order valence-electron chi connectivity index (χ2n) is 3.32. The molecule has 0 bridgehead atoms. The van der Waals surface area contributed by atoms with E-state index in [0.717, 1.165) is 0 Å². The van der Waals surface area contributed by atoms with Crippen molar-refractivity contribution in [2.45, 2.75) is 19.2 Å². The lowest BCUT2D eigenvalue weighted by molar-refractivity contribution is 1.17. The van der Waals surface area contributed by atoms with Crippen LogP contribution in [0.1, 0.15) is 26.3 Å². The number of alkyl halides is 1. The highest BCUT2D eigenvalue weighted by molar-refractivity contribution is 7.12. The number of aryl methyl sites for hydroxylation is 2. The predicted molar refractivity (Wildman–Crippen MR) is 65.8 cm³/mol. The molecule has 0 nitrogen and oxygen atoms in total. The van der Waals surface area contributed by atoms with Gasteiger partial charge < -0.3 is 0 Å². The second kappa shape index (κ2) is 4.05. The van der Waals surface area contributed by atoms with Gasteiger partial charge in [-0.2, -0.15) is 11.3 Å². The molecule has 2 aromatic rings. The zero-order valence-electron chi connectivity index (χ0n) is 8.08. The Morgan fingerprint density at radius 3 is 2.64 bits per heavy atom. The fraction of sp³-hybridized carbons (Fsp3) is 0.273. The van der Waals surface area contributed by atoms with Crippen molar-refractivity contribution >= 4 is 34.3 Å². The monoisotopic (exact) mass is 242 g/mol. The highest BCUT2D eigenvalue weighted by Gasteiger charge is 2.15. The summed E-state index contributed by atoms with van der Waals surface area (Å²) in [4.78, 5) is 2.61. The van der Waals surface area contributed by atoms with Crippen LogP contribution in [-0.2, 0) is 0 Å². The molecule has 1 unspecified atom stereocenters. The van der Waals surface area contributed by atoms with Crippen LogP contribution in [0.3, 0.4) is 0 Å². The van der Waals surface area contributed by atoms with E-state index in [9.17, 15) is 0 Å². The number of rotatable bonds is 2. The van der Waals surface area contributed by atoms with Gasteiger partial charge in [-0.3, -0.25) is 0 Å². The Balaban J connectivity index is 2.36. The Labute approximate surface area is 97.2 Å². The Hall–Kier alpha value is -0.310. The van der Waals surface area contributed by atoms with Gasteiger partial charge >= 0.3 is 0 Å². The van der Waals surface area contributed by atoms with Crippen molar-refractivity contribution in [2.24, 2.45) is 0 Å². The fourth-order valence-electron chi connectivity index (χ4n) is 1.48. The molecule has 0 N–H and O–H groups in total. The molecule has 0 saturated heterocycles. The van der Waals surface area contributed by atoms with Gasteiger partial charge in [0.15, 0.2) is 0 Å². The first-order valence-electron chi connectivity index (χ1n) is 4.41. The molecule has 0 aliphatic rings. The molecule has 2 rings (SSSR count). The van der Waals surface area contributed by atoms with Crippen LogP contribution >= 0.6 is 34.3 Å². The maximum absolute atomic E-state index is 6.41. The average molecular weight is 243 g/mol. The highest BCUT2D eigenvalue weighted by Crippen LogP contribution is 2.36. The minimum atomic E-state index is 0.0277. The van der Waals surface area contributed by atoms with Crippen LogP contribution in [0.2, 0.25) is 0 Å². The Bertz CT molecular complexity index is 414. The van der Waals surface area contributed by atoms with Gasteiger partial charge in [0.1, 0.15) is 0 Å². The van der Waals surface area contributed by atoms with E-state index in [0.29, 0.717) is 0 Å². The van der Waals surface area contributed by atoms with E-state index < -0.39 is 0 Å². The van der Waals surface area contributed by atoms with Crippen molar-refractivity contribution in [3.8, 4) is 0 Å². The Kier molecular flexibility index (Phi) is 2.96. The second-order valence-corrected chi connectivity index (χ2v) is 5.83. The summed E-state index contributed by atoms with van der Waals surface area (Å²) in [7, 11) is 0. The molecule has 0 saturated carbocycles. The van der Waals surface area contributed by atoms with Crippen molar-refractivity contribution in [1.29, 1.82) is 0 Å². The fourth-order valence-corrected chi connectivity index (χ4v) is 3.73. The summed E-state index contributed by atoms with van der Waals surface area (Å²) >= 11 is 9.90. The Morgan fingerprint density at radius 1 is 1.36 bits per heavy atom. The Morgan fingerprint density at radius 2 is 2.14 bits per heavy atom. The van der Waals surface area contributed by atoms with Gasteiger partial charge in [-0.05, 0) is 47.9 Å². The summed E-state index contributed by atoms with van der Waals surface area (Å²) in [6, 6.07) is 4.29. The van der Waals surface area contributed by atoms with Gasteiger partial charge in [0.25, 0.3) is 0 Å². The van der Waals surface area contributed by atoms with Crippen LogP contribution in [0.25, 0.3) is 0 Å². The highest BCUT2D eigenvalue weighted by atomic mass is 35.5. The maximum atomic E-state index is 6.41. The van der Waals surface area contributed by atoms with Gasteiger partial charge in [0, 0.05) is 9.75 Å². The largest absolute Gasteiger partial charge is 0.152 e. The van der Waals surface area contributed by atoms with Crippen molar-refractivity contribution < 1.29 is 0 Å². The van der Waals surface area contributed by atoms with Crippen molar-refractivity contribution in [3.05, 3.63) is 43.8 Å². The van der Waals surface area contributed by atoms with Gasteiger partial charge in [0.05, 0.1) is 5.38 Å². The zero-order chi connectivity index (χ0) is 10.1. The molecule has 0 spiro atoms. The average Bonchev–Trinajstić information content (AvgIpc) is 2.73. The number of halogens is 1. The lowest BCUT2D eigenvalue weighted by atomic mass is 10.1. The van der Waals surface area contributed by atoms with E-state index in [-0.39, 0.29) is 5.38 Å². The third-order valence-electron chi connectivity index (χ3n) is 2.15. The molecule has 0 fully saturated rings. The smallest absolute Gasteiger partial charge is 0.0938 e. The first kappa shape index (κ1) is 10.2. The summed E-state index contributed by atoms with van der Waals surface area (Å²) in [5.41, 5.74) is 2.51. The van der Waals surface area contributed by atoms with E-state index in [1.54, 1.807) is 22.7 Å². The molecule has 74 valence electrons. The van der Waals surface area contributed by atoms with E-state index >= 15 is 0 Å². The van der Waals surface area contributed by atoms with Gasteiger partial charge in [0.2, 0.25) is 0 Å². The number of hydrogen-bond donors (Lipinski definition) is 0. The summed E-state index contributed by atoms with van der Waals surface area (Å²) in [6.07, 6.45) is 0. The SMILES string of the molecule is Cc1cc(C)c(C(Cl)c2ccsc2)s1. The molecule has 0 amide bonds. The molecular formula is C11H11ClS2. The molecule has 2 heterocycles. The first-order valence-corrected chi connectivity index (χ1v) is 6.61. The van der Waals surface area contributed by atoms with E-state index in [4.69, 9.17) is 11.6 Å². The topological polar surface area (TPSA) is 0 Å². The zero-order valence-corrected chi connectivity index (χ0v) is 10.5. The van der Waals surface area contributed by atoms with Crippen molar-refractivity contribution in [3.63, 3.8) is 0 Å². The molecule has 3 heteroatoms. The standard InChI is InChI=1S/C11H11ClS2/c1-7-5-8(2)14-11(7)10(12)9-3-4-13-6-9/h3-6,10H,1-2H3. The summed E-state index contributed by atoms with van der Waals surface area (Å²) in [6.45, 7) is 4.25. The summed E-state index contributed by atoms with van der Waals surface area (Å²) in [5, 5.41) is 4.21. The molecular weight excluding hydrogens is 232 g/mol. The van der Waals surface area contributed by atoms with Crippen LogP contribution < -0.4 is 0 Å². The van der Waals surface area contributed by atoms with Crippen molar-refractivity contribution in [1.82, 2.24) is 0 Å². The van der Waals surface area contributed by atoms with Crippen LogP contribution in [-0.4, -0.2) is 0 Å². The number of thiophene rings is 2. The molecule has 0 aromatic carbocycles. The van der Waals surface area contributed by atoms with Gasteiger partial charge in [-0.25, -0.2) is 0 Å². The third-order valence-corrected chi connectivity index (χ3v) is 4.66. The number of hydrogen-bond acceptors (Lipinski definition) is 2. The molecule has 0 aliphatic heterocycles. The maximum Gasteiger partial charge on any atom is 0.0938 e. The molecule has 0 aliphatic carbocycles. The molecule has 2 aromatic heterocycles. The molecule has 14 heavy (non-hydrogen) atoms. The summed E-state index contributed by atoms with van der Waals surface area (Å²) in [5.74, 6) is 0.